The van der Waals surface area contributed by atoms with Gasteiger partial charge in [0.2, 0.25) is 0 Å². The SMILES string of the molecule is CC(C)CNCCN1CCCC(C)(C)CC1. The molecule has 0 radical (unpaired) electrons. The number of hydrogen-bond donors (Lipinski definition) is 1. The summed E-state index contributed by atoms with van der Waals surface area (Å²) in [7, 11) is 0. The van der Waals surface area contributed by atoms with Gasteiger partial charge in [0, 0.05) is 13.1 Å². The van der Waals surface area contributed by atoms with Crippen molar-refractivity contribution in [1.29, 1.82) is 0 Å². The van der Waals surface area contributed by atoms with E-state index in [0.717, 1.165) is 19.0 Å². The fourth-order valence-corrected chi connectivity index (χ4v) is 2.33. The third-order valence-electron chi connectivity index (χ3n) is 3.59. The van der Waals surface area contributed by atoms with Gasteiger partial charge in [0.05, 0.1) is 0 Å². The fourth-order valence-electron chi connectivity index (χ4n) is 2.33. The van der Waals surface area contributed by atoms with Gasteiger partial charge in [-0.15, -0.1) is 0 Å². The summed E-state index contributed by atoms with van der Waals surface area (Å²) in [4.78, 5) is 2.63. The number of nitrogens with zero attached hydrogens (tertiary/aromatic N) is 1. The first kappa shape index (κ1) is 14.0. The number of rotatable bonds is 5. The minimum atomic E-state index is 0.570. The first-order valence-electron chi connectivity index (χ1n) is 6.93. The van der Waals surface area contributed by atoms with E-state index in [-0.39, 0.29) is 0 Å². The van der Waals surface area contributed by atoms with E-state index in [2.05, 4.69) is 37.9 Å². The van der Waals surface area contributed by atoms with Crippen molar-refractivity contribution in [3.8, 4) is 0 Å². The van der Waals surface area contributed by atoms with Crippen LogP contribution in [-0.2, 0) is 0 Å². The van der Waals surface area contributed by atoms with Crippen LogP contribution in [0.3, 0.4) is 0 Å². The minimum absolute atomic E-state index is 0.570. The molecular formula is C14H30N2. The largest absolute Gasteiger partial charge is 0.315 e. The van der Waals surface area contributed by atoms with Gasteiger partial charge in [-0.3, -0.25) is 0 Å². The Hall–Kier alpha value is -0.0800. The molecule has 0 aliphatic carbocycles. The van der Waals surface area contributed by atoms with Gasteiger partial charge in [-0.05, 0) is 50.2 Å². The predicted molar refractivity (Wildman–Crippen MR) is 71.8 cm³/mol. The third kappa shape index (κ3) is 5.86. The molecule has 16 heavy (non-hydrogen) atoms. The zero-order valence-corrected chi connectivity index (χ0v) is 11.7. The van der Waals surface area contributed by atoms with Crippen molar-refractivity contribution >= 4 is 0 Å². The van der Waals surface area contributed by atoms with Crippen molar-refractivity contribution in [3.63, 3.8) is 0 Å². The molecule has 1 rings (SSSR count). The molecule has 1 heterocycles. The molecule has 0 saturated carbocycles. The van der Waals surface area contributed by atoms with E-state index in [4.69, 9.17) is 0 Å². The van der Waals surface area contributed by atoms with E-state index in [1.807, 2.05) is 0 Å². The van der Waals surface area contributed by atoms with Gasteiger partial charge in [0.25, 0.3) is 0 Å². The molecule has 0 aromatic heterocycles. The van der Waals surface area contributed by atoms with Gasteiger partial charge in [0.1, 0.15) is 0 Å². The molecule has 0 amide bonds. The molecule has 0 bridgehead atoms. The van der Waals surface area contributed by atoms with Crippen LogP contribution in [0.1, 0.15) is 47.0 Å². The fraction of sp³-hybridized carbons (Fsp3) is 1.00. The summed E-state index contributed by atoms with van der Waals surface area (Å²) in [5, 5.41) is 3.53. The molecule has 1 aliphatic rings. The molecule has 2 heteroatoms. The average Bonchev–Trinajstić information content (AvgIpc) is 2.34. The van der Waals surface area contributed by atoms with Crippen LogP contribution in [0.2, 0.25) is 0 Å². The van der Waals surface area contributed by atoms with E-state index in [0.29, 0.717) is 5.41 Å². The maximum absolute atomic E-state index is 3.53. The third-order valence-corrected chi connectivity index (χ3v) is 3.59. The summed E-state index contributed by atoms with van der Waals surface area (Å²) in [5.41, 5.74) is 0.570. The summed E-state index contributed by atoms with van der Waals surface area (Å²) < 4.78 is 0. The highest BCUT2D eigenvalue weighted by molar-refractivity contribution is 4.76. The Labute approximate surface area is 102 Å². The van der Waals surface area contributed by atoms with Crippen LogP contribution in [0.15, 0.2) is 0 Å². The van der Waals surface area contributed by atoms with Crippen LogP contribution in [0.4, 0.5) is 0 Å². The van der Waals surface area contributed by atoms with E-state index in [1.54, 1.807) is 0 Å². The van der Waals surface area contributed by atoms with Crippen LogP contribution in [0.25, 0.3) is 0 Å². The molecule has 1 N–H and O–H groups in total. The Morgan fingerprint density at radius 3 is 2.62 bits per heavy atom. The zero-order valence-electron chi connectivity index (χ0n) is 11.7. The van der Waals surface area contributed by atoms with Crippen molar-refractivity contribution in [3.05, 3.63) is 0 Å². The Morgan fingerprint density at radius 1 is 1.19 bits per heavy atom. The summed E-state index contributed by atoms with van der Waals surface area (Å²) in [5.74, 6) is 0.767. The highest BCUT2D eigenvalue weighted by Gasteiger charge is 2.22. The quantitative estimate of drug-likeness (QED) is 0.725. The van der Waals surface area contributed by atoms with Crippen LogP contribution >= 0.6 is 0 Å². The first-order chi connectivity index (χ1) is 7.49. The minimum Gasteiger partial charge on any atom is -0.315 e. The van der Waals surface area contributed by atoms with Crippen molar-refractivity contribution in [2.75, 3.05) is 32.7 Å². The molecule has 1 saturated heterocycles. The van der Waals surface area contributed by atoms with Gasteiger partial charge in [-0.2, -0.15) is 0 Å². The van der Waals surface area contributed by atoms with Crippen LogP contribution in [0.5, 0.6) is 0 Å². The molecule has 0 aromatic carbocycles. The van der Waals surface area contributed by atoms with Gasteiger partial charge in [0.15, 0.2) is 0 Å². The van der Waals surface area contributed by atoms with Gasteiger partial charge >= 0.3 is 0 Å². The van der Waals surface area contributed by atoms with E-state index >= 15 is 0 Å². The van der Waals surface area contributed by atoms with Crippen LogP contribution < -0.4 is 5.32 Å². The van der Waals surface area contributed by atoms with E-state index in [9.17, 15) is 0 Å². The highest BCUT2D eigenvalue weighted by Crippen LogP contribution is 2.29. The van der Waals surface area contributed by atoms with Crippen molar-refractivity contribution in [2.24, 2.45) is 11.3 Å². The molecule has 1 fully saturated rings. The Morgan fingerprint density at radius 2 is 1.94 bits per heavy atom. The average molecular weight is 226 g/mol. The van der Waals surface area contributed by atoms with Crippen molar-refractivity contribution < 1.29 is 0 Å². The zero-order chi connectivity index (χ0) is 12.0. The van der Waals surface area contributed by atoms with E-state index in [1.165, 1.54) is 38.9 Å². The van der Waals surface area contributed by atoms with Gasteiger partial charge in [-0.25, -0.2) is 0 Å². The Bertz CT molecular complexity index is 187. The lowest BCUT2D eigenvalue weighted by Gasteiger charge is -2.23. The van der Waals surface area contributed by atoms with Gasteiger partial charge < -0.3 is 10.2 Å². The molecule has 0 spiro atoms. The molecule has 96 valence electrons. The predicted octanol–water partition coefficient (Wildman–Crippen LogP) is 2.74. The number of hydrogen-bond acceptors (Lipinski definition) is 2. The molecule has 1 aliphatic heterocycles. The molecule has 0 unspecified atom stereocenters. The Kier molecular flexibility index (Phi) is 5.77. The molecule has 0 aromatic rings. The summed E-state index contributed by atoms with van der Waals surface area (Å²) in [6.45, 7) is 15.5. The maximum atomic E-state index is 3.53. The monoisotopic (exact) mass is 226 g/mol. The lowest BCUT2D eigenvalue weighted by Crippen LogP contribution is -2.34. The molecule has 0 atom stereocenters. The van der Waals surface area contributed by atoms with Gasteiger partial charge in [-0.1, -0.05) is 27.7 Å². The second-order valence-electron chi connectivity index (χ2n) is 6.46. The second-order valence-corrected chi connectivity index (χ2v) is 6.46. The normalized spacial score (nSPS) is 22.3. The molecule has 2 nitrogen and oxygen atoms in total. The molecular weight excluding hydrogens is 196 g/mol. The topological polar surface area (TPSA) is 15.3 Å². The summed E-state index contributed by atoms with van der Waals surface area (Å²) >= 11 is 0. The highest BCUT2D eigenvalue weighted by atomic mass is 15.1. The Balaban J connectivity index is 2.13. The lowest BCUT2D eigenvalue weighted by atomic mass is 9.85. The van der Waals surface area contributed by atoms with Crippen LogP contribution in [0, 0.1) is 11.3 Å². The maximum Gasteiger partial charge on any atom is 0.0107 e. The van der Waals surface area contributed by atoms with Crippen molar-refractivity contribution in [2.45, 2.75) is 47.0 Å². The standard InChI is InChI=1S/C14H30N2/c1-13(2)12-15-8-11-16-9-5-6-14(3,4)7-10-16/h13,15H,5-12H2,1-4H3. The first-order valence-corrected chi connectivity index (χ1v) is 6.93. The smallest absolute Gasteiger partial charge is 0.0107 e. The van der Waals surface area contributed by atoms with Crippen LogP contribution in [-0.4, -0.2) is 37.6 Å². The lowest BCUT2D eigenvalue weighted by molar-refractivity contribution is 0.261. The number of likely N-dealkylation sites (tertiary alicyclic amines) is 1. The summed E-state index contributed by atoms with van der Waals surface area (Å²) in [6, 6.07) is 0. The van der Waals surface area contributed by atoms with E-state index < -0.39 is 0 Å². The number of nitrogens with one attached hydrogen (secondary N) is 1. The second kappa shape index (κ2) is 6.61. The van der Waals surface area contributed by atoms with Crippen molar-refractivity contribution in [1.82, 2.24) is 10.2 Å². The summed E-state index contributed by atoms with van der Waals surface area (Å²) in [6.07, 6.45) is 4.12.